The second-order valence-corrected chi connectivity index (χ2v) is 4.79. The van der Waals surface area contributed by atoms with Gasteiger partial charge in [-0.1, -0.05) is 36.4 Å². The topological polar surface area (TPSA) is 46.5 Å². The average Bonchev–Trinajstić information content (AvgIpc) is 2.51. The van der Waals surface area contributed by atoms with E-state index < -0.39 is 5.97 Å². The fourth-order valence-electron chi connectivity index (χ4n) is 2.27. The molecule has 0 aliphatic rings. The molecule has 0 amide bonds. The zero-order valence-electron chi connectivity index (χ0n) is 12.3. The van der Waals surface area contributed by atoms with Crippen molar-refractivity contribution in [2.45, 2.75) is 12.8 Å². The van der Waals surface area contributed by atoms with Gasteiger partial charge in [-0.2, -0.15) is 0 Å². The van der Waals surface area contributed by atoms with Gasteiger partial charge in [0.1, 0.15) is 17.1 Å². The quantitative estimate of drug-likeness (QED) is 0.757. The summed E-state index contributed by atoms with van der Waals surface area (Å²) in [6.45, 7) is 7.50. The number of carboxylic acids is 1. The molecule has 2 rings (SSSR count). The van der Waals surface area contributed by atoms with E-state index in [0.717, 1.165) is 11.1 Å². The fraction of sp³-hybridized carbons (Fsp3) is 0.105. The van der Waals surface area contributed by atoms with Crippen LogP contribution < -0.4 is 4.74 Å². The summed E-state index contributed by atoms with van der Waals surface area (Å²) in [6, 6.07) is 12.5. The molecule has 0 unspecified atom stereocenters. The number of para-hydroxylation sites is 1. The van der Waals surface area contributed by atoms with Crippen LogP contribution in [0.25, 0.3) is 0 Å². The maximum atomic E-state index is 11.5. The third kappa shape index (κ3) is 3.44. The minimum Gasteiger partial charge on any atom is -0.478 e. The Morgan fingerprint density at radius 2 is 1.73 bits per heavy atom. The molecule has 0 saturated heterocycles. The van der Waals surface area contributed by atoms with Gasteiger partial charge in [0.15, 0.2) is 0 Å². The van der Waals surface area contributed by atoms with Gasteiger partial charge < -0.3 is 9.84 Å². The van der Waals surface area contributed by atoms with Crippen LogP contribution in [0.1, 0.15) is 21.5 Å². The molecule has 0 aromatic heterocycles. The van der Waals surface area contributed by atoms with E-state index in [1.54, 1.807) is 30.4 Å². The van der Waals surface area contributed by atoms with Crippen molar-refractivity contribution < 1.29 is 14.6 Å². The molecule has 3 nitrogen and oxygen atoms in total. The SMILES string of the molecule is C=CCc1ccc(C(=O)O)c(Oc2ccccc2)c1CC=C. The lowest BCUT2D eigenvalue weighted by molar-refractivity contribution is 0.0694. The summed E-state index contributed by atoms with van der Waals surface area (Å²) in [5, 5.41) is 9.43. The van der Waals surface area contributed by atoms with Crippen LogP contribution in [0.15, 0.2) is 67.8 Å². The number of benzene rings is 2. The van der Waals surface area contributed by atoms with E-state index in [2.05, 4.69) is 13.2 Å². The molecule has 22 heavy (non-hydrogen) atoms. The van der Waals surface area contributed by atoms with E-state index >= 15 is 0 Å². The highest BCUT2D eigenvalue weighted by molar-refractivity contribution is 5.92. The summed E-state index contributed by atoms with van der Waals surface area (Å²) in [6.07, 6.45) is 4.71. The molecule has 0 spiro atoms. The van der Waals surface area contributed by atoms with Crippen molar-refractivity contribution in [1.82, 2.24) is 0 Å². The third-order valence-corrected chi connectivity index (χ3v) is 3.26. The smallest absolute Gasteiger partial charge is 0.339 e. The zero-order valence-corrected chi connectivity index (χ0v) is 12.3. The second-order valence-electron chi connectivity index (χ2n) is 4.79. The number of ether oxygens (including phenoxy) is 1. The number of rotatable bonds is 7. The molecule has 1 N–H and O–H groups in total. The summed E-state index contributed by atoms with van der Waals surface area (Å²) in [4.78, 5) is 11.5. The number of allylic oxidation sites excluding steroid dienone is 2. The Kier molecular flexibility index (Phi) is 5.15. The molecule has 0 saturated carbocycles. The molecule has 3 heteroatoms. The van der Waals surface area contributed by atoms with Gasteiger partial charge in [-0.3, -0.25) is 0 Å². The van der Waals surface area contributed by atoms with Crippen LogP contribution in [-0.2, 0) is 12.8 Å². The van der Waals surface area contributed by atoms with Gasteiger partial charge in [0, 0.05) is 5.56 Å². The lowest BCUT2D eigenvalue weighted by Gasteiger charge is -2.16. The van der Waals surface area contributed by atoms with E-state index in [-0.39, 0.29) is 5.56 Å². The monoisotopic (exact) mass is 294 g/mol. The summed E-state index contributed by atoms with van der Waals surface area (Å²) in [5.41, 5.74) is 1.97. The van der Waals surface area contributed by atoms with Crippen molar-refractivity contribution in [1.29, 1.82) is 0 Å². The first-order valence-corrected chi connectivity index (χ1v) is 7.00. The van der Waals surface area contributed by atoms with E-state index in [1.807, 2.05) is 24.3 Å². The molecule has 0 bridgehead atoms. The Morgan fingerprint density at radius 3 is 2.32 bits per heavy atom. The maximum Gasteiger partial charge on any atom is 0.339 e. The molecule has 0 aliphatic heterocycles. The minimum atomic E-state index is -1.01. The van der Waals surface area contributed by atoms with E-state index in [0.29, 0.717) is 24.3 Å². The molecule has 112 valence electrons. The number of aromatic carboxylic acids is 1. The van der Waals surface area contributed by atoms with Crippen LogP contribution in [0.3, 0.4) is 0 Å². The van der Waals surface area contributed by atoms with Crippen molar-refractivity contribution in [3.05, 3.63) is 84.5 Å². The highest BCUT2D eigenvalue weighted by Gasteiger charge is 2.18. The van der Waals surface area contributed by atoms with E-state index in [1.165, 1.54) is 0 Å². The third-order valence-electron chi connectivity index (χ3n) is 3.26. The second kappa shape index (κ2) is 7.27. The van der Waals surface area contributed by atoms with Crippen LogP contribution in [0.5, 0.6) is 11.5 Å². The highest BCUT2D eigenvalue weighted by atomic mass is 16.5. The van der Waals surface area contributed by atoms with Gasteiger partial charge in [-0.25, -0.2) is 4.79 Å². The molecule has 2 aromatic rings. The zero-order chi connectivity index (χ0) is 15.9. The molecule has 2 aromatic carbocycles. The summed E-state index contributed by atoms with van der Waals surface area (Å²) in [7, 11) is 0. The molecule has 0 radical (unpaired) electrons. The highest BCUT2D eigenvalue weighted by Crippen LogP contribution is 2.33. The Balaban J connectivity index is 2.58. The Hall–Kier alpha value is -2.81. The Morgan fingerprint density at radius 1 is 1.05 bits per heavy atom. The number of carboxylic acid groups (broad SMARTS) is 1. The van der Waals surface area contributed by atoms with Gasteiger partial charge in [0.25, 0.3) is 0 Å². The standard InChI is InChI=1S/C19H18O3/c1-3-8-14-12-13-17(19(20)21)18(16(14)9-4-2)22-15-10-6-5-7-11-15/h3-7,10-13H,1-2,8-9H2,(H,20,21). The van der Waals surface area contributed by atoms with Crippen molar-refractivity contribution in [3.63, 3.8) is 0 Å². The van der Waals surface area contributed by atoms with Crippen molar-refractivity contribution >= 4 is 5.97 Å². The summed E-state index contributed by atoms with van der Waals surface area (Å²) < 4.78 is 5.88. The van der Waals surface area contributed by atoms with Gasteiger partial charge in [-0.15, -0.1) is 13.2 Å². The van der Waals surface area contributed by atoms with Gasteiger partial charge in [-0.05, 0) is 36.6 Å². The van der Waals surface area contributed by atoms with Crippen LogP contribution in [0.4, 0.5) is 0 Å². The van der Waals surface area contributed by atoms with Gasteiger partial charge in [0.05, 0.1) is 0 Å². The Labute approximate surface area is 130 Å². The first kappa shape index (κ1) is 15.6. The minimum absolute atomic E-state index is 0.147. The van der Waals surface area contributed by atoms with Gasteiger partial charge >= 0.3 is 5.97 Å². The number of hydrogen-bond donors (Lipinski definition) is 1. The molecular weight excluding hydrogens is 276 g/mol. The lowest BCUT2D eigenvalue weighted by Crippen LogP contribution is -2.05. The van der Waals surface area contributed by atoms with Crippen LogP contribution in [0.2, 0.25) is 0 Å². The lowest BCUT2D eigenvalue weighted by atomic mass is 9.97. The molecular formula is C19H18O3. The predicted octanol–water partition coefficient (Wildman–Crippen LogP) is 4.63. The van der Waals surface area contributed by atoms with Crippen molar-refractivity contribution in [3.8, 4) is 11.5 Å². The van der Waals surface area contributed by atoms with Crippen LogP contribution in [0, 0.1) is 0 Å². The maximum absolute atomic E-state index is 11.5. The molecule has 0 heterocycles. The fourth-order valence-corrected chi connectivity index (χ4v) is 2.27. The van der Waals surface area contributed by atoms with Crippen molar-refractivity contribution in [2.75, 3.05) is 0 Å². The number of hydrogen-bond acceptors (Lipinski definition) is 2. The normalized spacial score (nSPS) is 10.0. The molecule has 0 fully saturated rings. The van der Waals surface area contributed by atoms with Crippen LogP contribution in [-0.4, -0.2) is 11.1 Å². The largest absolute Gasteiger partial charge is 0.478 e. The summed E-state index contributed by atoms with van der Waals surface area (Å²) >= 11 is 0. The first-order valence-electron chi connectivity index (χ1n) is 7.00. The average molecular weight is 294 g/mol. The molecule has 0 aliphatic carbocycles. The van der Waals surface area contributed by atoms with Crippen molar-refractivity contribution in [2.24, 2.45) is 0 Å². The number of carbonyl (C=O) groups is 1. The molecule has 0 atom stereocenters. The predicted molar refractivity (Wildman–Crippen MR) is 87.7 cm³/mol. The Bertz CT molecular complexity index is 687. The van der Waals surface area contributed by atoms with E-state index in [9.17, 15) is 9.90 Å². The summed E-state index contributed by atoms with van der Waals surface area (Å²) in [5.74, 6) is -0.0367. The van der Waals surface area contributed by atoms with E-state index in [4.69, 9.17) is 4.74 Å². The van der Waals surface area contributed by atoms with Gasteiger partial charge in [0.2, 0.25) is 0 Å². The first-order chi connectivity index (χ1) is 10.7. The van der Waals surface area contributed by atoms with Crippen LogP contribution >= 0.6 is 0 Å².